The fourth-order valence-corrected chi connectivity index (χ4v) is 1.27. The number of carboxylic acid groups (broad SMARTS) is 1. The van der Waals surface area contributed by atoms with Crippen molar-refractivity contribution in [1.29, 1.82) is 0 Å². The SMILES string of the molecule is O=Cc1cc(OCC(=O)O)c(Cl)cc1[N+](=O)[O-]. The summed E-state index contributed by atoms with van der Waals surface area (Å²) >= 11 is 5.65. The van der Waals surface area contributed by atoms with Gasteiger partial charge >= 0.3 is 5.97 Å². The van der Waals surface area contributed by atoms with Crippen molar-refractivity contribution in [3.63, 3.8) is 0 Å². The number of carbonyl (C=O) groups is 2. The van der Waals surface area contributed by atoms with Crippen molar-refractivity contribution in [3.05, 3.63) is 32.8 Å². The second kappa shape index (κ2) is 5.26. The van der Waals surface area contributed by atoms with Crippen LogP contribution in [-0.4, -0.2) is 28.9 Å². The number of hydrogen-bond donors (Lipinski definition) is 1. The number of rotatable bonds is 5. The van der Waals surface area contributed by atoms with Crippen LogP contribution in [0.5, 0.6) is 5.75 Å². The molecular formula is C9H6ClNO6. The number of benzene rings is 1. The number of aliphatic carboxylic acids is 1. The fourth-order valence-electron chi connectivity index (χ4n) is 1.06. The van der Waals surface area contributed by atoms with Gasteiger partial charge in [-0.1, -0.05) is 11.6 Å². The van der Waals surface area contributed by atoms with Crippen LogP contribution in [0.25, 0.3) is 0 Å². The van der Waals surface area contributed by atoms with E-state index in [-0.39, 0.29) is 22.6 Å². The molecule has 8 heteroatoms. The molecule has 0 fully saturated rings. The summed E-state index contributed by atoms with van der Waals surface area (Å²) in [5.41, 5.74) is -0.701. The second-order valence-electron chi connectivity index (χ2n) is 2.90. The highest BCUT2D eigenvalue weighted by molar-refractivity contribution is 6.32. The zero-order valence-corrected chi connectivity index (χ0v) is 9.01. The minimum Gasteiger partial charge on any atom is -0.480 e. The molecule has 90 valence electrons. The molecule has 0 aliphatic rings. The Kier molecular flexibility index (Phi) is 4.00. The normalized spacial score (nSPS) is 9.71. The van der Waals surface area contributed by atoms with Gasteiger partial charge in [-0.15, -0.1) is 0 Å². The van der Waals surface area contributed by atoms with E-state index in [4.69, 9.17) is 21.4 Å². The molecular weight excluding hydrogens is 254 g/mol. The van der Waals surface area contributed by atoms with E-state index in [2.05, 4.69) is 0 Å². The number of nitro groups is 1. The third kappa shape index (κ3) is 3.15. The van der Waals surface area contributed by atoms with E-state index in [9.17, 15) is 19.7 Å². The van der Waals surface area contributed by atoms with Crippen molar-refractivity contribution >= 4 is 29.5 Å². The van der Waals surface area contributed by atoms with Crippen molar-refractivity contribution in [2.24, 2.45) is 0 Å². The van der Waals surface area contributed by atoms with Gasteiger partial charge in [0, 0.05) is 6.07 Å². The summed E-state index contributed by atoms with van der Waals surface area (Å²) in [6.45, 7) is -0.657. The number of nitrogens with zero attached hydrogens (tertiary/aromatic N) is 1. The average Bonchev–Trinajstić information content (AvgIpc) is 2.26. The number of ether oxygens (including phenoxy) is 1. The molecule has 0 unspecified atom stereocenters. The molecule has 0 saturated heterocycles. The van der Waals surface area contributed by atoms with Gasteiger partial charge in [0.1, 0.15) is 5.75 Å². The van der Waals surface area contributed by atoms with Crippen LogP contribution in [0, 0.1) is 10.1 Å². The van der Waals surface area contributed by atoms with Gasteiger partial charge in [-0.25, -0.2) is 4.79 Å². The van der Waals surface area contributed by atoms with Crippen LogP contribution >= 0.6 is 11.6 Å². The number of hydrogen-bond acceptors (Lipinski definition) is 5. The molecule has 0 radical (unpaired) electrons. The van der Waals surface area contributed by atoms with E-state index in [1.807, 2.05) is 0 Å². The lowest BCUT2D eigenvalue weighted by molar-refractivity contribution is -0.385. The Morgan fingerprint density at radius 1 is 1.59 bits per heavy atom. The maximum Gasteiger partial charge on any atom is 0.341 e. The predicted octanol–water partition coefficient (Wildman–Crippen LogP) is 1.52. The molecule has 0 aromatic heterocycles. The third-order valence-electron chi connectivity index (χ3n) is 1.76. The molecule has 17 heavy (non-hydrogen) atoms. The number of nitro benzene ring substituents is 1. The lowest BCUT2D eigenvalue weighted by atomic mass is 10.2. The van der Waals surface area contributed by atoms with E-state index in [0.717, 1.165) is 12.1 Å². The molecule has 0 aliphatic heterocycles. The molecule has 0 aliphatic carbocycles. The van der Waals surface area contributed by atoms with Gasteiger partial charge in [-0.2, -0.15) is 0 Å². The molecule has 1 aromatic carbocycles. The third-order valence-corrected chi connectivity index (χ3v) is 2.05. The summed E-state index contributed by atoms with van der Waals surface area (Å²) in [5.74, 6) is -1.33. The van der Waals surface area contributed by atoms with Gasteiger partial charge in [-0.05, 0) is 6.07 Å². The molecule has 0 bridgehead atoms. The molecule has 0 saturated carbocycles. The maximum atomic E-state index is 10.6. The Balaban J connectivity index is 3.13. The van der Waals surface area contributed by atoms with Crippen LogP contribution < -0.4 is 4.74 Å². The molecule has 1 N–H and O–H groups in total. The van der Waals surface area contributed by atoms with Gasteiger partial charge in [0.25, 0.3) is 5.69 Å². The zero-order valence-electron chi connectivity index (χ0n) is 8.25. The van der Waals surface area contributed by atoms with E-state index in [1.54, 1.807) is 0 Å². The van der Waals surface area contributed by atoms with E-state index in [0.29, 0.717) is 0 Å². The highest BCUT2D eigenvalue weighted by Crippen LogP contribution is 2.31. The molecule has 7 nitrogen and oxygen atoms in total. The largest absolute Gasteiger partial charge is 0.480 e. The standard InChI is InChI=1S/C9H6ClNO6/c10-6-2-7(11(15)16)5(3-12)1-8(6)17-4-9(13)14/h1-3H,4H2,(H,13,14). The number of halogens is 1. The van der Waals surface area contributed by atoms with Gasteiger partial charge in [0.05, 0.1) is 15.5 Å². The first kappa shape index (κ1) is 12.9. The number of aldehydes is 1. The first-order valence-electron chi connectivity index (χ1n) is 4.23. The van der Waals surface area contributed by atoms with Crippen LogP contribution in [-0.2, 0) is 4.79 Å². The lowest BCUT2D eigenvalue weighted by Crippen LogP contribution is -2.10. The second-order valence-corrected chi connectivity index (χ2v) is 3.31. The van der Waals surface area contributed by atoms with E-state index in [1.165, 1.54) is 0 Å². The minimum atomic E-state index is -1.23. The smallest absolute Gasteiger partial charge is 0.341 e. The summed E-state index contributed by atoms with van der Waals surface area (Å²) < 4.78 is 4.76. The summed E-state index contributed by atoms with van der Waals surface area (Å²) in [5, 5.41) is 18.8. The van der Waals surface area contributed by atoms with Gasteiger partial charge in [0.2, 0.25) is 0 Å². The van der Waals surface area contributed by atoms with Crippen molar-refractivity contribution in [1.82, 2.24) is 0 Å². The minimum absolute atomic E-state index is 0.0956. The maximum absolute atomic E-state index is 10.6. The molecule has 0 amide bonds. The Morgan fingerprint density at radius 2 is 2.24 bits per heavy atom. The Morgan fingerprint density at radius 3 is 2.71 bits per heavy atom. The average molecular weight is 260 g/mol. The molecule has 1 rings (SSSR count). The Hall–Kier alpha value is -2.15. The van der Waals surface area contributed by atoms with Crippen LogP contribution in [0.15, 0.2) is 12.1 Å². The molecule has 0 heterocycles. The Labute approximate surface area is 99.7 Å². The molecule has 0 spiro atoms. The zero-order chi connectivity index (χ0) is 13.0. The van der Waals surface area contributed by atoms with Crippen molar-refractivity contribution in [2.45, 2.75) is 0 Å². The summed E-state index contributed by atoms with van der Waals surface area (Å²) in [6.07, 6.45) is 0.266. The first-order chi connectivity index (χ1) is 7.95. The quantitative estimate of drug-likeness (QED) is 0.488. The number of carboxylic acids is 1. The first-order valence-corrected chi connectivity index (χ1v) is 4.61. The highest BCUT2D eigenvalue weighted by atomic mass is 35.5. The fraction of sp³-hybridized carbons (Fsp3) is 0.111. The lowest BCUT2D eigenvalue weighted by Gasteiger charge is -2.06. The van der Waals surface area contributed by atoms with Crippen molar-refractivity contribution in [3.8, 4) is 5.75 Å². The van der Waals surface area contributed by atoms with Crippen molar-refractivity contribution in [2.75, 3.05) is 6.61 Å². The van der Waals surface area contributed by atoms with E-state index >= 15 is 0 Å². The van der Waals surface area contributed by atoms with Crippen LogP contribution in [0.4, 0.5) is 5.69 Å². The predicted molar refractivity (Wildman–Crippen MR) is 56.6 cm³/mol. The number of carbonyl (C=O) groups excluding carboxylic acids is 1. The van der Waals surface area contributed by atoms with Gasteiger partial charge < -0.3 is 9.84 Å². The monoisotopic (exact) mass is 259 g/mol. The van der Waals surface area contributed by atoms with E-state index < -0.39 is 23.2 Å². The summed E-state index contributed by atoms with van der Waals surface area (Å²) in [4.78, 5) is 30.7. The molecule has 1 aromatic rings. The van der Waals surface area contributed by atoms with Crippen LogP contribution in [0.1, 0.15) is 10.4 Å². The van der Waals surface area contributed by atoms with Crippen LogP contribution in [0.2, 0.25) is 5.02 Å². The summed E-state index contributed by atoms with van der Waals surface area (Å²) in [6, 6.07) is 1.96. The highest BCUT2D eigenvalue weighted by Gasteiger charge is 2.18. The van der Waals surface area contributed by atoms with Gasteiger partial charge in [0.15, 0.2) is 12.9 Å². The summed E-state index contributed by atoms with van der Waals surface area (Å²) in [7, 11) is 0. The van der Waals surface area contributed by atoms with Crippen molar-refractivity contribution < 1.29 is 24.4 Å². The van der Waals surface area contributed by atoms with Crippen LogP contribution in [0.3, 0.4) is 0 Å². The molecule has 0 atom stereocenters. The Bertz CT molecular complexity index is 487. The van der Waals surface area contributed by atoms with Gasteiger partial charge in [-0.3, -0.25) is 14.9 Å². The topological polar surface area (TPSA) is 107 Å².